The molecule has 5 nitrogen and oxygen atoms in total. The number of carbonyl (C=O) groups excluding carboxylic acids is 1. The van der Waals surface area contributed by atoms with Crippen molar-refractivity contribution in [1.29, 1.82) is 0 Å². The monoisotopic (exact) mass is 445 g/mol. The Hall–Kier alpha value is -3.25. The Morgan fingerprint density at radius 2 is 1.78 bits per heavy atom. The minimum Gasteiger partial charge on any atom is -0.361 e. The van der Waals surface area contributed by atoms with E-state index in [4.69, 9.17) is 4.52 Å². The van der Waals surface area contributed by atoms with Gasteiger partial charge in [0.15, 0.2) is 0 Å². The topological polar surface area (TPSA) is 59.2 Å². The van der Waals surface area contributed by atoms with Crippen LogP contribution in [-0.2, 0) is 17.6 Å². The molecule has 0 saturated carbocycles. The summed E-state index contributed by atoms with van der Waals surface area (Å²) in [6.45, 7) is 4.72. The number of hydrogen-bond donors (Lipinski definition) is 0. The molecule has 0 bridgehead atoms. The number of hydrogen-bond acceptors (Lipinski definition) is 5. The van der Waals surface area contributed by atoms with Gasteiger partial charge in [0.1, 0.15) is 11.5 Å². The van der Waals surface area contributed by atoms with Gasteiger partial charge in [-0.05, 0) is 20.3 Å². The minimum absolute atomic E-state index is 0.101. The molecule has 2 aromatic heterocycles. The number of aromatic nitrogens is 2. The van der Waals surface area contributed by atoms with Crippen molar-refractivity contribution in [2.45, 2.75) is 33.1 Å². The van der Waals surface area contributed by atoms with Gasteiger partial charge in [-0.1, -0.05) is 65.3 Å². The lowest BCUT2D eigenvalue weighted by atomic mass is 10.1. The number of likely N-dealkylation sites (N-methyl/N-ethyl adjacent to an activating group) is 1. The molecule has 0 atom stereocenters. The van der Waals surface area contributed by atoms with E-state index >= 15 is 0 Å². The lowest BCUT2D eigenvalue weighted by Crippen LogP contribution is -2.29. The molecule has 0 saturated heterocycles. The largest absolute Gasteiger partial charge is 0.361 e. The van der Waals surface area contributed by atoms with E-state index in [2.05, 4.69) is 41.3 Å². The molecule has 0 aliphatic heterocycles. The summed E-state index contributed by atoms with van der Waals surface area (Å²) in [6.07, 6.45) is 1.93. The second kappa shape index (κ2) is 9.92. The van der Waals surface area contributed by atoms with Gasteiger partial charge in [-0.3, -0.25) is 4.79 Å². The molecule has 164 valence electrons. The number of carbonyl (C=O) groups is 1. The highest BCUT2D eigenvalue weighted by Crippen LogP contribution is 2.29. The van der Waals surface area contributed by atoms with E-state index in [9.17, 15) is 4.79 Å². The summed E-state index contributed by atoms with van der Waals surface area (Å²) in [4.78, 5) is 20.4. The zero-order chi connectivity index (χ0) is 22.5. The van der Waals surface area contributed by atoms with E-state index < -0.39 is 0 Å². The van der Waals surface area contributed by atoms with E-state index in [0.717, 1.165) is 51.0 Å². The smallest absolute Gasteiger partial charge is 0.227 e. The van der Waals surface area contributed by atoms with Crippen LogP contribution in [-0.4, -0.2) is 34.5 Å². The standard InChI is InChI=1S/C26H27N3O2S/c1-18-11-13-21(14-12-18)26-24(32-19(2)27-26)17-25(30)29(3)15-7-10-22-16-23(28-31-22)20-8-5-4-6-9-20/h4-6,8-9,11-14,16H,7,10,15,17H2,1-3H3. The third kappa shape index (κ3) is 5.32. The highest BCUT2D eigenvalue weighted by molar-refractivity contribution is 7.12. The molecule has 0 N–H and O–H groups in total. The van der Waals surface area contributed by atoms with Gasteiger partial charge < -0.3 is 9.42 Å². The Bertz CT molecular complexity index is 1180. The third-order valence-electron chi connectivity index (χ3n) is 5.41. The van der Waals surface area contributed by atoms with E-state index in [1.807, 2.05) is 50.4 Å². The normalized spacial score (nSPS) is 11.0. The number of nitrogens with zero attached hydrogens (tertiary/aromatic N) is 3. The zero-order valence-electron chi connectivity index (χ0n) is 18.7. The maximum Gasteiger partial charge on any atom is 0.227 e. The molecule has 2 aromatic carbocycles. The Balaban J connectivity index is 1.32. The quantitative estimate of drug-likeness (QED) is 0.348. The van der Waals surface area contributed by atoms with Crippen LogP contribution >= 0.6 is 11.3 Å². The van der Waals surface area contributed by atoms with Crippen molar-refractivity contribution in [3.63, 3.8) is 0 Å². The fourth-order valence-electron chi connectivity index (χ4n) is 3.59. The molecule has 0 aliphatic rings. The fraction of sp³-hybridized carbons (Fsp3) is 0.269. The average Bonchev–Trinajstić information content (AvgIpc) is 3.41. The molecule has 0 aliphatic carbocycles. The van der Waals surface area contributed by atoms with Crippen LogP contribution in [0, 0.1) is 13.8 Å². The van der Waals surface area contributed by atoms with Crippen LogP contribution in [0.3, 0.4) is 0 Å². The molecule has 6 heteroatoms. The molecular weight excluding hydrogens is 418 g/mol. The number of amides is 1. The van der Waals surface area contributed by atoms with Crippen molar-refractivity contribution in [2.24, 2.45) is 0 Å². The van der Waals surface area contributed by atoms with Crippen LogP contribution < -0.4 is 0 Å². The van der Waals surface area contributed by atoms with Crippen molar-refractivity contribution >= 4 is 17.2 Å². The minimum atomic E-state index is 0.101. The summed E-state index contributed by atoms with van der Waals surface area (Å²) in [7, 11) is 1.86. The maximum atomic E-state index is 12.9. The van der Waals surface area contributed by atoms with E-state index in [1.165, 1.54) is 5.56 Å². The molecular formula is C26H27N3O2S. The third-order valence-corrected chi connectivity index (χ3v) is 6.38. The Kier molecular flexibility index (Phi) is 6.81. The van der Waals surface area contributed by atoms with Crippen molar-refractivity contribution in [3.05, 3.63) is 81.9 Å². The molecule has 0 fully saturated rings. The molecule has 4 rings (SSSR count). The highest BCUT2D eigenvalue weighted by atomic mass is 32.1. The molecule has 0 radical (unpaired) electrons. The van der Waals surface area contributed by atoms with Crippen LogP contribution in [0.25, 0.3) is 22.5 Å². The first-order valence-corrected chi connectivity index (χ1v) is 11.6. The van der Waals surface area contributed by atoms with Gasteiger partial charge >= 0.3 is 0 Å². The maximum absolute atomic E-state index is 12.9. The van der Waals surface area contributed by atoms with Gasteiger partial charge in [-0.15, -0.1) is 11.3 Å². The second-order valence-corrected chi connectivity index (χ2v) is 9.30. The molecule has 32 heavy (non-hydrogen) atoms. The first-order chi connectivity index (χ1) is 15.5. The van der Waals surface area contributed by atoms with Crippen LogP contribution in [0.15, 0.2) is 65.2 Å². The van der Waals surface area contributed by atoms with Crippen molar-refractivity contribution < 1.29 is 9.32 Å². The van der Waals surface area contributed by atoms with Crippen LogP contribution in [0.1, 0.15) is 27.6 Å². The number of aryl methyl sites for hydroxylation is 3. The Morgan fingerprint density at radius 1 is 1.03 bits per heavy atom. The van der Waals surface area contributed by atoms with E-state index in [1.54, 1.807) is 16.2 Å². The van der Waals surface area contributed by atoms with E-state index in [-0.39, 0.29) is 5.91 Å². The van der Waals surface area contributed by atoms with Gasteiger partial charge in [0, 0.05) is 42.1 Å². The summed E-state index contributed by atoms with van der Waals surface area (Å²) in [6, 6.07) is 20.3. The van der Waals surface area contributed by atoms with Gasteiger partial charge in [-0.2, -0.15) is 0 Å². The van der Waals surface area contributed by atoms with Crippen molar-refractivity contribution in [3.8, 4) is 22.5 Å². The molecule has 2 heterocycles. The predicted molar refractivity (Wildman–Crippen MR) is 129 cm³/mol. The van der Waals surface area contributed by atoms with Gasteiger partial charge in [-0.25, -0.2) is 4.98 Å². The summed E-state index contributed by atoms with van der Waals surface area (Å²) in [5.41, 5.74) is 5.07. The average molecular weight is 446 g/mol. The molecule has 0 unspecified atom stereocenters. The van der Waals surface area contributed by atoms with Crippen LogP contribution in [0.4, 0.5) is 0 Å². The number of thiazole rings is 1. The molecule has 1 amide bonds. The highest BCUT2D eigenvalue weighted by Gasteiger charge is 2.17. The van der Waals surface area contributed by atoms with Gasteiger partial charge in [0.2, 0.25) is 5.91 Å². The summed E-state index contributed by atoms with van der Waals surface area (Å²) < 4.78 is 5.47. The van der Waals surface area contributed by atoms with Crippen LogP contribution in [0.5, 0.6) is 0 Å². The van der Waals surface area contributed by atoms with Gasteiger partial charge in [0.25, 0.3) is 0 Å². The van der Waals surface area contributed by atoms with Crippen molar-refractivity contribution in [2.75, 3.05) is 13.6 Å². The number of rotatable bonds is 8. The number of benzene rings is 2. The second-order valence-electron chi connectivity index (χ2n) is 8.01. The Labute approximate surface area is 192 Å². The summed E-state index contributed by atoms with van der Waals surface area (Å²) in [5.74, 6) is 0.939. The van der Waals surface area contributed by atoms with Gasteiger partial charge in [0.05, 0.1) is 17.1 Å². The molecule has 0 spiro atoms. The van der Waals surface area contributed by atoms with E-state index in [0.29, 0.717) is 13.0 Å². The molecule has 4 aromatic rings. The lowest BCUT2D eigenvalue weighted by Gasteiger charge is -2.16. The zero-order valence-corrected chi connectivity index (χ0v) is 19.5. The lowest BCUT2D eigenvalue weighted by molar-refractivity contribution is -0.129. The predicted octanol–water partition coefficient (Wildman–Crippen LogP) is 5.72. The SMILES string of the molecule is Cc1ccc(-c2nc(C)sc2CC(=O)N(C)CCCc2cc(-c3ccccc3)no2)cc1. The van der Waals surface area contributed by atoms with Crippen LogP contribution in [0.2, 0.25) is 0 Å². The first kappa shape index (κ1) is 22.0. The summed E-state index contributed by atoms with van der Waals surface area (Å²) >= 11 is 1.60. The first-order valence-electron chi connectivity index (χ1n) is 10.8. The Morgan fingerprint density at radius 3 is 2.53 bits per heavy atom. The fourth-order valence-corrected chi connectivity index (χ4v) is 4.54. The summed E-state index contributed by atoms with van der Waals surface area (Å²) in [5, 5.41) is 5.14. The van der Waals surface area contributed by atoms with Crippen molar-refractivity contribution in [1.82, 2.24) is 15.0 Å².